The highest BCUT2D eigenvalue weighted by molar-refractivity contribution is 5.27. The van der Waals surface area contributed by atoms with Crippen molar-refractivity contribution in [3.63, 3.8) is 0 Å². The molecule has 0 radical (unpaired) electrons. The molecular formula is C17H27NO. The molecule has 0 aliphatic carbocycles. The molecule has 0 spiro atoms. The lowest BCUT2D eigenvalue weighted by molar-refractivity contribution is 0.136. The van der Waals surface area contributed by atoms with Crippen LogP contribution in [0, 0.1) is 0 Å². The zero-order valence-corrected chi connectivity index (χ0v) is 12.4. The van der Waals surface area contributed by atoms with Gasteiger partial charge >= 0.3 is 0 Å². The number of rotatable bonds is 6. The maximum atomic E-state index is 5.63. The molecule has 1 fully saturated rings. The highest BCUT2D eigenvalue weighted by atomic mass is 16.5. The lowest BCUT2D eigenvalue weighted by Gasteiger charge is -2.35. The Balaban J connectivity index is 1.90. The van der Waals surface area contributed by atoms with E-state index in [-0.39, 0.29) is 0 Å². The lowest BCUT2D eigenvalue weighted by Crippen LogP contribution is -2.38. The summed E-state index contributed by atoms with van der Waals surface area (Å²) in [5, 5.41) is 0. The third kappa shape index (κ3) is 4.24. The summed E-state index contributed by atoms with van der Waals surface area (Å²) >= 11 is 0. The Morgan fingerprint density at radius 2 is 1.95 bits per heavy atom. The van der Waals surface area contributed by atoms with Crippen LogP contribution in [0.2, 0.25) is 0 Å². The predicted molar refractivity (Wildman–Crippen MR) is 80.6 cm³/mol. The summed E-state index contributed by atoms with van der Waals surface area (Å²) in [6.45, 7) is 7.60. The maximum Gasteiger partial charge on any atom is 0.119 e. The Hall–Kier alpha value is -1.02. The van der Waals surface area contributed by atoms with Crippen molar-refractivity contribution >= 4 is 0 Å². The van der Waals surface area contributed by atoms with E-state index >= 15 is 0 Å². The molecule has 19 heavy (non-hydrogen) atoms. The first-order valence-electron chi connectivity index (χ1n) is 7.79. The molecule has 0 bridgehead atoms. The summed E-state index contributed by atoms with van der Waals surface area (Å²) in [5.41, 5.74) is 1.41. The first-order valence-corrected chi connectivity index (χ1v) is 7.79. The molecule has 1 atom stereocenters. The van der Waals surface area contributed by atoms with Crippen LogP contribution in [-0.2, 0) is 6.54 Å². The first-order chi connectivity index (χ1) is 9.33. The van der Waals surface area contributed by atoms with Crippen LogP contribution in [0.25, 0.3) is 0 Å². The molecule has 1 aromatic rings. The van der Waals surface area contributed by atoms with Gasteiger partial charge in [-0.25, -0.2) is 0 Å². The van der Waals surface area contributed by atoms with E-state index in [9.17, 15) is 0 Å². The van der Waals surface area contributed by atoms with E-state index in [4.69, 9.17) is 4.74 Å². The molecule has 2 rings (SSSR count). The fraction of sp³-hybridized carbons (Fsp3) is 0.647. The Morgan fingerprint density at radius 3 is 2.63 bits per heavy atom. The average Bonchev–Trinajstić information content (AvgIpc) is 2.47. The van der Waals surface area contributed by atoms with Gasteiger partial charge in [-0.15, -0.1) is 0 Å². The third-order valence-corrected chi connectivity index (χ3v) is 4.00. The quantitative estimate of drug-likeness (QED) is 0.759. The number of likely N-dealkylation sites (tertiary alicyclic amines) is 1. The largest absolute Gasteiger partial charge is 0.494 e. The second-order valence-corrected chi connectivity index (χ2v) is 5.52. The average molecular weight is 261 g/mol. The SMILES string of the molecule is CCCOc1ccc(CN2CCCCC2CC)cc1. The van der Waals surface area contributed by atoms with E-state index in [1.807, 2.05) is 0 Å². The molecule has 1 heterocycles. The van der Waals surface area contributed by atoms with Crippen LogP contribution in [-0.4, -0.2) is 24.1 Å². The Morgan fingerprint density at radius 1 is 1.16 bits per heavy atom. The van der Waals surface area contributed by atoms with Crippen LogP contribution >= 0.6 is 0 Å². The first kappa shape index (κ1) is 14.4. The molecule has 2 heteroatoms. The monoisotopic (exact) mass is 261 g/mol. The van der Waals surface area contributed by atoms with Gasteiger partial charge in [-0.1, -0.05) is 32.4 Å². The number of nitrogens with zero attached hydrogens (tertiary/aromatic N) is 1. The Kier molecular flexibility index (Phi) is 5.71. The summed E-state index contributed by atoms with van der Waals surface area (Å²) < 4.78 is 5.63. The second kappa shape index (κ2) is 7.54. The van der Waals surface area contributed by atoms with Gasteiger partial charge in [0.05, 0.1) is 6.61 Å². The summed E-state index contributed by atoms with van der Waals surface area (Å²) in [6, 6.07) is 9.43. The minimum atomic E-state index is 0.782. The highest BCUT2D eigenvalue weighted by Crippen LogP contribution is 2.22. The van der Waals surface area contributed by atoms with Crippen molar-refractivity contribution in [3.05, 3.63) is 29.8 Å². The molecule has 0 aromatic heterocycles. The zero-order valence-electron chi connectivity index (χ0n) is 12.4. The van der Waals surface area contributed by atoms with E-state index < -0.39 is 0 Å². The van der Waals surface area contributed by atoms with Crippen molar-refractivity contribution in [1.82, 2.24) is 4.90 Å². The minimum Gasteiger partial charge on any atom is -0.494 e. The smallest absolute Gasteiger partial charge is 0.119 e. The predicted octanol–water partition coefficient (Wildman–Crippen LogP) is 4.24. The van der Waals surface area contributed by atoms with Crippen LogP contribution in [0.15, 0.2) is 24.3 Å². The summed E-state index contributed by atoms with van der Waals surface area (Å²) in [4.78, 5) is 2.64. The normalized spacial score (nSPS) is 20.4. The third-order valence-electron chi connectivity index (χ3n) is 4.00. The number of piperidine rings is 1. The molecule has 0 saturated carbocycles. The molecule has 106 valence electrons. The molecule has 0 amide bonds. The van der Waals surface area contributed by atoms with Gasteiger partial charge in [-0.3, -0.25) is 4.90 Å². The van der Waals surface area contributed by atoms with Crippen LogP contribution in [0.5, 0.6) is 5.75 Å². The Bertz CT molecular complexity index is 360. The maximum absolute atomic E-state index is 5.63. The van der Waals surface area contributed by atoms with Gasteiger partial charge in [0.2, 0.25) is 0 Å². The number of hydrogen-bond acceptors (Lipinski definition) is 2. The van der Waals surface area contributed by atoms with Gasteiger partial charge < -0.3 is 4.74 Å². The number of hydrogen-bond donors (Lipinski definition) is 0. The second-order valence-electron chi connectivity index (χ2n) is 5.52. The van der Waals surface area contributed by atoms with Crippen LogP contribution in [0.4, 0.5) is 0 Å². The van der Waals surface area contributed by atoms with Gasteiger partial charge in [0.1, 0.15) is 5.75 Å². The van der Waals surface area contributed by atoms with Crippen molar-refractivity contribution in [3.8, 4) is 5.75 Å². The fourth-order valence-corrected chi connectivity index (χ4v) is 2.88. The molecule has 1 unspecified atom stereocenters. The topological polar surface area (TPSA) is 12.5 Å². The molecule has 1 saturated heterocycles. The molecule has 0 N–H and O–H groups in total. The summed E-state index contributed by atoms with van der Waals surface area (Å²) in [5.74, 6) is 0.997. The van der Waals surface area contributed by atoms with Crippen molar-refractivity contribution in [2.24, 2.45) is 0 Å². The van der Waals surface area contributed by atoms with Crippen molar-refractivity contribution in [2.45, 2.75) is 58.5 Å². The molecule has 1 aliphatic rings. The van der Waals surface area contributed by atoms with E-state index in [0.29, 0.717) is 0 Å². The number of benzene rings is 1. The minimum absolute atomic E-state index is 0.782. The van der Waals surface area contributed by atoms with Crippen molar-refractivity contribution < 1.29 is 4.74 Å². The van der Waals surface area contributed by atoms with Gasteiger partial charge in [0.15, 0.2) is 0 Å². The summed E-state index contributed by atoms with van der Waals surface area (Å²) in [6.07, 6.45) is 6.46. The standard InChI is InChI=1S/C17H27NO/c1-3-13-19-17-10-8-15(9-11-17)14-18-12-6-5-7-16(18)4-2/h8-11,16H,3-7,12-14H2,1-2H3. The van der Waals surface area contributed by atoms with Crippen molar-refractivity contribution in [1.29, 1.82) is 0 Å². The van der Waals surface area contributed by atoms with Crippen LogP contribution in [0.3, 0.4) is 0 Å². The van der Waals surface area contributed by atoms with E-state index in [1.165, 1.54) is 37.8 Å². The Labute approximate surface area is 117 Å². The van der Waals surface area contributed by atoms with E-state index in [0.717, 1.165) is 31.4 Å². The van der Waals surface area contributed by atoms with E-state index in [1.54, 1.807) is 0 Å². The highest BCUT2D eigenvalue weighted by Gasteiger charge is 2.20. The zero-order chi connectivity index (χ0) is 13.5. The van der Waals surface area contributed by atoms with Gasteiger partial charge in [-0.05, 0) is 49.9 Å². The number of ether oxygens (including phenoxy) is 1. The summed E-state index contributed by atoms with van der Waals surface area (Å²) in [7, 11) is 0. The molecule has 1 aromatic carbocycles. The van der Waals surface area contributed by atoms with Crippen LogP contribution in [0.1, 0.15) is 51.5 Å². The van der Waals surface area contributed by atoms with E-state index in [2.05, 4.69) is 43.0 Å². The lowest BCUT2D eigenvalue weighted by atomic mass is 9.99. The molecular weight excluding hydrogens is 234 g/mol. The van der Waals surface area contributed by atoms with Gasteiger partial charge in [0, 0.05) is 12.6 Å². The van der Waals surface area contributed by atoms with Gasteiger partial charge in [-0.2, -0.15) is 0 Å². The molecule has 2 nitrogen and oxygen atoms in total. The van der Waals surface area contributed by atoms with Gasteiger partial charge in [0.25, 0.3) is 0 Å². The van der Waals surface area contributed by atoms with Crippen molar-refractivity contribution in [2.75, 3.05) is 13.2 Å². The molecule has 1 aliphatic heterocycles. The van der Waals surface area contributed by atoms with Crippen LogP contribution < -0.4 is 4.74 Å². The fourth-order valence-electron chi connectivity index (χ4n) is 2.88.